The van der Waals surface area contributed by atoms with E-state index in [2.05, 4.69) is 11.8 Å². The topological polar surface area (TPSA) is 49.6 Å². The van der Waals surface area contributed by atoms with Crippen molar-refractivity contribution in [1.82, 2.24) is 4.90 Å². The van der Waals surface area contributed by atoms with Gasteiger partial charge >= 0.3 is 0 Å². The van der Waals surface area contributed by atoms with Gasteiger partial charge in [-0.25, -0.2) is 0 Å². The maximum absolute atomic E-state index is 11.3. The van der Waals surface area contributed by atoms with E-state index in [4.69, 9.17) is 11.6 Å². The Morgan fingerprint density at radius 1 is 1.52 bits per heavy atom. The number of nitro groups is 1. The van der Waals surface area contributed by atoms with Gasteiger partial charge in [0.25, 0.3) is 5.69 Å². The summed E-state index contributed by atoms with van der Waals surface area (Å²) < 4.78 is 0. The van der Waals surface area contributed by atoms with Gasteiger partial charge in [-0.15, -0.1) is 11.6 Å². The molecule has 1 aliphatic heterocycles. The zero-order valence-electron chi connectivity index (χ0n) is 12.6. The van der Waals surface area contributed by atoms with Crippen molar-refractivity contribution in [3.63, 3.8) is 0 Å². The molecule has 1 unspecified atom stereocenters. The van der Waals surface area contributed by atoms with Crippen LogP contribution in [0.4, 0.5) is 11.4 Å². The van der Waals surface area contributed by atoms with E-state index >= 15 is 0 Å². The fraction of sp³-hybridized carbons (Fsp3) is 0.600. The summed E-state index contributed by atoms with van der Waals surface area (Å²) in [5.41, 5.74) is 1.57. The molecule has 116 valence electrons. The fourth-order valence-corrected chi connectivity index (χ4v) is 3.22. The van der Waals surface area contributed by atoms with Crippen molar-refractivity contribution >= 4 is 23.0 Å². The van der Waals surface area contributed by atoms with Crippen molar-refractivity contribution in [2.24, 2.45) is 0 Å². The fourth-order valence-electron chi connectivity index (χ4n) is 3.05. The highest BCUT2D eigenvalue weighted by molar-refractivity contribution is 6.17. The third-order valence-electron chi connectivity index (χ3n) is 4.19. The van der Waals surface area contributed by atoms with Crippen molar-refractivity contribution in [2.75, 3.05) is 31.6 Å². The Morgan fingerprint density at radius 3 is 2.90 bits per heavy atom. The first-order valence-electron chi connectivity index (χ1n) is 7.35. The molecule has 0 N–H and O–H groups in total. The Balaban J connectivity index is 2.18. The van der Waals surface area contributed by atoms with Crippen LogP contribution in [0, 0.1) is 10.1 Å². The predicted octanol–water partition coefficient (Wildman–Crippen LogP) is 3.25. The van der Waals surface area contributed by atoms with Gasteiger partial charge in [-0.05, 0) is 37.6 Å². The number of nitrogens with zero attached hydrogens (tertiary/aromatic N) is 3. The lowest BCUT2D eigenvalue weighted by Gasteiger charge is -2.28. The van der Waals surface area contributed by atoms with E-state index < -0.39 is 0 Å². The minimum Gasteiger partial charge on any atom is -0.367 e. The van der Waals surface area contributed by atoms with E-state index in [1.54, 1.807) is 12.1 Å². The number of alkyl halides is 1. The molecule has 1 aliphatic rings. The first kappa shape index (κ1) is 16.0. The van der Waals surface area contributed by atoms with Gasteiger partial charge in [-0.3, -0.25) is 15.0 Å². The van der Waals surface area contributed by atoms with Gasteiger partial charge in [0.05, 0.1) is 4.92 Å². The highest BCUT2D eigenvalue weighted by Crippen LogP contribution is 2.30. The summed E-state index contributed by atoms with van der Waals surface area (Å²) in [5.74, 6) is 0.289. The summed E-state index contributed by atoms with van der Waals surface area (Å²) in [5, 5.41) is 11.3. The molecule has 0 aromatic heterocycles. The Labute approximate surface area is 130 Å². The third kappa shape index (κ3) is 3.66. The second-order valence-electron chi connectivity index (χ2n) is 5.52. The van der Waals surface area contributed by atoms with Crippen LogP contribution in [-0.2, 0) is 5.88 Å². The number of nitro benzene ring substituents is 1. The van der Waals surface area contributed by atoms with Crippen LogP contribution in [0.25, 0.3) is 0 Å². The molecule has 0 spiro atoms. The first-order valence-corrected chi connectivity index (χ1v) is 7.88. The number of likely N-dealkylation sites (tertiary alicyclic amines) is 1. The van der Waals surface area contributed by atoms with Crippen molar-refractivity contribution in [1.29, 1.82) is 0 Å². The van der Waals surface area contributed by atoms with E-state index in [9.17, 15) is 10.1 Å². The number of benzene rings is 1. The largest absolute Gasteiger partial charge is 0.367 e. The Kier molecular flexibility index (Phi) is 5.42. The third-order valence-corrected chi connectivity index (χ3v) is 4.50. The van der Waals surface area contributed by atoms with Crippen molar-refractivity contribution in [3.05, 3.63) is 33.9 Å². The number of hydrogen-bond donors (Lipinski definition) is 0. The molecular weight excluding hydrogens is 290 g/mol. The minimum atomic E-state index is -0.325. The summed E-state index contributed by atoms with van der Waals surface area (Å²) >= 11 is 5.77. The molecule has 2 rings (SSSR count). The van der Waals surface area contributed by atoms with Gasteiger partial charge in [-0.2, -0.15) is 0 Å². The molecule has 1 atom stereocenters. The van der Waals surface area contributed by atoms with Crippen LogP contribution < -0.4 is 4.90 Å². The molecule has 1 heterocycles. The van der Waals surface area contributed by atoms with Crippen LogP contribution in [0.5, 0.6) is 0 Å². The maximum Gasteiger partial charge on any atom is 0.292 e. The maximum atomic E-state index is 11.3. The molecule has 1 fully saturated rings. The van der Waals surface area contributed by atoms with Crippen LogP contribution in [0.3, 0.4) is 0 Å². The molecular formula is C15H22ClN3O2. The van der Waals surface area contributed by atoms with E-state index in [1.807, 2.05) is 18.0 Å². The number of rotatable bonds is 6. The molecule has 5 nitrogen and oxygen atoms in total. The standard InChI is InChI=1S/C15H22ClN3O2/c1-3-18-8-4-5-13(18)11-17(2)14-7-6-12(10-16)9-15(14)19(20)21/h6-7,9,13H,3-5,8,10-11H2,1-2H3. The lowest BCUT2D eigenvalue weighted by atomic mass is 10.1. The lowest BCUT2D eigenvalue weighted by molar-refractivity contribution is -0.384. The van der Waals surface area contributed by atoms with Crippen molar-refractivity contribution in [2.45, 2.75) is 31.7 Å². The zero-order chi connectivity index (χ0) is 15.4. The summed E-state index contributed by atoms with van der Waals surface area (Å²) in [4.78, 5) is 15.4. The van der Waals surface area contributed by atoms with Crippen LogP contribution in [-0.4, -0.2) is 42.5 Å². The number of likely N-dealkylation sites (N-methyl/N-ethyl adjacent to an activating group) is 2. The Morgan fingerprint density at radius 2 is 2.29 bits per heavy atom. The SMILES string of the molecule is CCN1CCCC1CN(C)c1ccc(CCl)cc1[N+](=O)[O-]. The van der Waals surface area contributed by atoms with E-state index in [0.29, 0.717) is 11.7 Å². The average Bonchev–Trinajstić information content (AvgIpc) is 2.93. The molecule has 0 bridgehead atoms. The molecule has 0 amide bonds. The van der Waals surface area contributed by atoms with Gasteiger partial charge in [0.15, 0.2) is 0 Å². The van der Waals surface area contributed by atoms with Gasteiger partial charge in [-0.1, -0.05) is 13.0 Å². The molecule has 21 heavy (non-hydrogen) atoms. The van der Waals surface area contributed by atoms with Crippen molar-refractivity contribution < 1.29 is 4.92 Å². The van der Waals surface area contributed by atoms with Gasteiger partial charge < -0.3 is 4.90 Å². The number of halogens is 1. The second-order valence-corrected chi connectivity index (χ2v) is 5.79. The van der Waals surface area contributed by atoms with Crippen LogP contribution in [0.2, 0.25) is 0 Å². The van der Waals surface area contributed by atoms with Gasteiger partial charge in [0, 0.05) is 31.6 Å². The predicted molar refractivity (Wildman–Crippen MR) is 86.2 cm³/mol. The molecule has 0 saturated carbocycles. The molecule has 0 radical (unpaired) electrons. The summed E-state index contributed by atoms with van der Waals surface area (Å²) in [6.07, 6.45) is 2.37. The molecule has 1 aromatic rings. The van der Waals surface area contributed by atoms with Crippen LogP contribution >= 0.6 is 11.6 Å². The summed E-state index contributed by atoms with van der Waals surface area (Å²) in [6, 6.07) is 5.72. The molecule has 0 aliphatic carbocycles. The first-order chi connectivity index (χ1) is 10.1. The lowest BCUT2D eigenvalue weighted by Crippen LogP contribution is -2.38. The zero-order valence-corrected chi connectivity index (χ0v) is 13.3. The highest BCUT2D eigenvalue weighted by atomic mass is 35.5. The van der Waals surface area contributed by atoms with Gasteiger partial charge in [0.1, 0.15) is 5.69 Å². The smallest absolute Gasteiger partial charge is 0.292 e. The van der Waals surface area contributed by atoms with Gasteiger partial charge in [0.2, 0.25) is 0 Å². The van der Waals surface area contributed by atoms with E-state index in [-0.39, 0.29) is 16.5 Å². The minimum absolute atomic E-state index is 0.136. The number of hydrogen-bond acceptors (Lipinski definition) is 4. The van der Waals surface area contributed by atoms with Crippen LogP contribution in [0.1, 0.15) is 25.3 Å². The molecule has 6 heteroatoms. The highest BCUT2D eigenvalue weighted by Gasteiger charge is 2.26. The van der Waals surface area contributed by atoms with Crippen molar-refractivity contribution in [3.8, 4) is 0 Å². The summed E-state index contributed by atoms with van der Waals surface area (Å²) in [6.45, 7) is 5.14. The monoisotopic (exact) mass is 311 g/mol. The second kappa shape index (κ2) is 7.09. The molecule has 1 saturated heterocycles. The van der Waals surface area contributed by atoms with E-state index in [0.717, 1.165) is 31.6 Å². The Hall–Kier alpha value is -1.33. The summed E-state index contributed by atoms with van der Waals surface area (Å²) in [7, 11) is 1.93. The number of anilines is 1. The Bertz CT molecular complexity index is 510. The normalized spacial score (nSPS) is 18.9. The van der Waals surface area contributed by atoms with E-state index in [1.165, 1.54) is 6.42 Å². The average molecular weight is 312 g/mol. The quantitative estimate of drug-likeness (QED) is 0.460. The van der Waals surface area contributed by atoms with Crippen LogP contribution in [0.15, 0.2) is 18.2 Å². The molecule has 1 aromatic carbocycles.